The van der Waals surface area contributed by atoms with Crippen molar-refractivity contribution >= 4 is 23.5 Å². The molecule has 0 aromatic heterocycles. The van der Waals surface area contributed by atoms with Crippen LogP contribution < -0.4 is 20.1 Å². The summed E-state index contributed by atoms with van der Waals surface area (Å²) in [5.74, 6) is -0.947. The highest BCUT2D eigenvalue weighted by molar-refractivity contribution is 5.96. The highest BCUT2D eigenvalue weighted by Crippen LogP contribution is 2.38. The van der Waals surface area contributed by atoms with E-state index in [1.54, 1.807) is 38.5 Å². The second-order valence-corrected chi connectivity index (χ2v) is 10.5. The number of carbonyl (C=O) groups excluding carboxylic acids is 4. The van der Waals surface area contributed by atoms with Gasteiger partial charge >= 0.3 is 11.9 Å². The molecule has 0 spiro atoms. The molecule has 2 aliphatic rings. The van der Waals surface area contributed by atoms with Crippen molar-refractivity contribution in [3.8, 4) is 22.6 Å². The molecule has 2 aliphatic heterocycles. The average molecular weight is 613 g/mol. The second kappa shape index (κ2) is 16.9. The zero-order valence-electron chi connectivity index (χ0n) is 25.2. The number of ketones is 2. The highest BCUT2D eigenvalue weighted by atomic mass is 16.5. The first-order valence-corrected chi connectivity index (χ1v) is 14.8. The molecule has 238 valence electrons. The Labute approximate surface area is 256 Å². The Morgan fingerprint density at radius 1 is 0.659 bits per heavy atom. The molecule has 44 heavy (non-hydrogen) atoms. The number of hydrogen-bond donors (Lipinski definition) is 2. The Bertz CT molecular complexity index is 1200. The summed E-state index contributed by atoms with van der Waals surface area (Å²) in [6.07, 6.45) is 3.27. The normalized spacial score (nSPS) is 17.7. The first-order chi connectivity index (χ1) is 21.4. The number of rotatable bonds is 17. The summed E-state index contributed by atoms with van der Waals surface area (Å²) in [7, 11) is 3.09. The van der Waals surface area contributed by atoms with Gasteiger partial charge in [0.25, 0.3) is 0 Å². The van der Waals surface area contributed by atoms with Gasteiger partial charge in [0.1, 0.15) is 24.7 Å². The van der Waals surface area contributed by atoms with Gasteiger partial charge in [0.15, 0.2) is 24.8 Å². The van der Waals surface area contributed by atoms with E-state index in [4.69, 9.17) is 28.4 Å². The molecule has 12 heteroatoms. The van der Waals surface area contributed by atoms with Crippen LogP contribution in [-0.4, -0.2) is 103 Å². The molecule has 2 atom stereocenters. The van der Waals surface area contributed by atoms with E-state index in [0.29, 0.717) is 35.8 Å². The topological polar surface area (TPSA) is 148 Å². The lowest BCUT2D eigenvalue weighted by atomic mass is 9.99. The summed E-state index contributed by atoms with van der Waals surface area (Å²) in [6, 6.07) is 9.00. The fourth-order valence-electron chi connectivity index (χ4n) is 5.01. The van der Waals surface area contributed by atoms with Crippen LogP contribution in [0.15, 0.2) is 36.4 Å². The van der Waals surface area contributed by atoms with Gasteiger partial charge in [-0.1, -0.05) is 0 Å². The fraction of sp³-hybridized carbons (Fsp3) is 0.500. The second-order valence-electron chi connectivity index (χ2n) is 10.5. The van der Waals surface area contributed by atoms with Crippen molar-refractivity contribution in [3.63, 3.8) is 0 Å². The maximum atomic E-state index is 12.9. The van der Waals surface area contributed by atoms with E-state index < -0.39 is 11.9 Å². The molecule has 2 aromatic carbocycles. The number of Topliss-reactive ketones (excluding diaryl/α,β-unsaturated/α-hetero) is 2. The summed E-state index contributed by atoms with van der Waals surface area (Å²) in [6.45, 7) is 1.88. The molecule has 2 fully saturated rings. The number of nitrogens with one attached hydrogen (secondary N) is 2. The molecule has 4 rings (SSSR count). The molecule has 2 unspecified atom stereocenters. The van der Waals surface area contributed by atoms with Crippen molar-refractivity contribution < 1.29 is 47.6 Å². The van der Waals surface area contributed by atoms with Gasteiger partial charge in [0.05, 0.1) is 36.4 Å². The standard InChI is InChI=1S/C32H40N2O10/c1-39-13-15-41-29-17-21(31(37)43-19-27(35)25-5-3-11-33-25)7-9-23(29)24-10-8-22(18-30(24)42-16-14-40-2)32(38)44-20-28(36)26-6-4-12-34-26/h7-10,17-18,25-26,33-34H,3-6,11-16,19-20H2,1-2H3. The van der Waals surface area contributed by atoms with E-state index in [9.17, 15) is 19.2 Å². The van der Waals surface area contributed by atoms with E-state index in [1.807, 2.05) is 0 Å². The van der Waals surface area contributed by atoms with E-state index >= 15 is 0 Å². The molecule has 2 N–H and O–H groups in total. The number of benzene rings is 2. The summed E-state index contributed by atoms with van der Waals surface area (Å²) >= 11 is 0. The van der Waals surface area contributed by atoms with Crippen LogP contribution in [0.25, 0.3) is 11.1 Å². The Hall–Kier alpha value is -3.84. The van der Waals surface area contributed by atoms with Crippen molar-refractivity contribution in [1.29, 1.82) is 0 Å². The minimum atomic E-state index is -0.656. The first-order valence-electron chi connectivity index (χ1n) is 14.8. The third-order valence-corrected chi connectivity index (χ3v) is 7.40. The molecule has 0 radical (unpaired) electrons. The van der Waals surface area contributed by atoms with E-state index in [-0.39, 0.29) is 61.2 Å². The number of methoxy groups -OCH3 is 2. The zero-order valence-corrected chi connectivity index (χ0v) is 25.2. The predicted molar refractivity (Wildman–Crippen MR) is 159 cm³/mol. The molecule has 2 heterocycles. The SMILES string of the molecule is COCCOc1cc(C(=O)OCC(=O)C2CCCN2)ccc1-c1ccc(C(=O)OCC(=O)C2CCCN2)cc1OCCOC. The van der Waals surface area contributed by atoms with Crippen LogP contribution in [0.4, 0.5) is 0 Å². The van der Waals surface area contributed by atoms with E-state index in [0.717, 1.165) is 38.8 Å². The molecule has 2 saturated heterocycles. The summed E-state index contributed by atoms with van der Waals surface area (Å²) in [5, 5.41) is 6.20. The molecule has 0 amide bonds. The van der Waals surface area contributed by atoms with Gasteiger partial charge in [-0.05, 0) is 75.2 Å². The van der Waals surface area contributed by atoms with Crippen LogP contribution in [0, 0.1) is 0 Å². The third-order valence-electron chi connectivity index (χ3n) is 7.40. The molecule has 0 bridgehead atoms. The Morgan fingerprint density at radius 3 is 1.45 bits per heavy atom. The minimum absolute atomic E-state index is 0.167. The number of hydrogen-bond acceptors (Lipinski definition) is 12. The smallest absolute Gasteiger partial charge is 0.338 e. The molecule has 0 saturated carbocycles. The average Bonchev–Trinajstić information content (AvgIpc) is 3.78. The lowest BCUT2D eigenvalue weighted by Gasteiger charge is -2.17. The van der Waals surface area contributed by atoms with Crippen molar-refractivity contribution in [2.24, 2.45) is 0 Å². The van der Waals surface area contributed by atoms with Crippen LogP contribution >= 0.6 is 0 Å². The Kier molecular flexibility index (Phi) is 12.7. The van der Waals surface area contributed by atoms with Crippen molar-refractivity contribution in [2.45, 2.75) is 37.8 Å². The highest BCUT2D eigenvalue weighted by Gasteiger charge is 2.25. The molecule has 2 aromatic rings. The molecular formula is C32H40N2O10. The lowest BCUT2D eigenvalue weighted by molar-refractivity contribution is -0.124. The van der Waals surface area contributed by atoms with Gasteiger partial charge in [0.2, 0.25) is 0 Å². The van der Waals surface area contributed by atoms with E-state index in [1.165, 1.54) is 12.1 Å². The van der Waals surface area contributed by atoms with E-state index in [2.05, 4.69) is 10.6 Å². The lowest BCUT2D eigenvalue weighted by Crippen LogP contribution is -2.34. The predicted octanol–water partition coefficient (Wildman–Crippen LogP) is 2.36. The first kappa shape index (κ1) is 33.1. The maximum Gasteiger partial charge on any atom is 0.338 e. The van der Waals surface area contributed by atoms with Crippen molar-refractivity contribution in [1.82, 2.24) is 10.6 Å². The summed E-state index contributed by atoms with van der Waals surface area (Å²) in [5.41, 5.74) is 1.58. The van der Waals surface area contributed by atoms with Gasteiger partial charge in [-0.2, -0.15) is 0 Å². The van der Waals surface area contributed by atoms with Crippen LogP contribution in [-0.2, 0) is 28.5 Å². The van der Waals surface area contributed by atoms with Crippen LogP contribution in [0.5, 0.6) is 11.5 Å². The van der Waals surface area contributed by atoms with Crippen LogP contribution in [0.2, 0.25) is 0 Å². The summed E-state index contributed by atoms with van der Waals surface area (Å²) in [4.78, 5) is 50.4. The fourth-order valence-corrected chi connectivity index (χ4v) is 5.01. The maximum absolute atomic E-state index is 12.9. The van der Waals surface area contributed by atoms with Crippen LogP contribution in [0.3, 0.4) is 0 Å². The molecule has 12 nitrogen and oxygen atoms in total. The number of carbonyl (C=O) groups is 4. The van der Waals surface area contributed by atoms with Gasteiger partial charge in [0, 0.05) is 25.3 Å². The monoisotopic (exact) mass is 612 g/mol. The van der Waals surface area contributed by atoms with Crippen LogP contribution in [0.1, 0.15) is 46.4 Å². The minimum Gasteiger partial charge on any atom is -0.491 e. The van der Waals surface area contributed by atoms with Crippen molar-refractivity contribution in [3.05, 3.63) is 47.5 Å². The Balaban J connectivity index is 1.55. The number of ether oxygens (including phenoxy) is 6. The molecule has 0 aliphatic carbocycles. The zero-order chi connectivity index (χ0) is 31.3. The third kappa shape index (κ3) is 9.08. The quantitative estimate of drug-likeness (QED) is 0.200. The van der Waals surface area contributed by atoms with Gasteiger partial charge < -0.3 is 39.1 Å². The van der Waals surface area contributed by atoms with Gasteiger partial charge in [-0.25, -0.2) is 9.59 Å². The molecular weight excluding hydrogens is 572 g/mol. The Morgan fingerprint density at radius 2 is 1.09 bits per heavy atom. The largest absolute Gasteiger partial charge is 0.491 e. The van der Waals surface area contributed by atoms with Crippen molar-refractivity contribution in [2.75, 3.05) is 67.0 Å². The van der Waals surface area contributed by atoms with Gasteiger partial charge in [-0.3, -0.25) is 9.59 Å². The number of esters is 2. The van der Waals surface area contributed by atoms with Gasteiger partial charge in [-0.15, -0.1) is 0 Å². The summed E-state index contributed by atoms with van der Waals surface area (Å²) < 4.78 is 32.8.